The zero-order valence-electron chi connectivity index (χ0n) is 24.7. The maximum Gasteiger partial charge on any atom is 0.239 e. The molecule has 1 heterocycles. The van der Waals surface area contributed by atoms with Crippen LogP contribution in [0, 0.1) is 23.2 Å². The molecule has 0 spiro atoms. The Hall–Kier alpha value is -5.28. The largest absolute Gasteiger partial charge is 0.297 e. The van der Waals surface area contributed by atoms with Crippen LogP contribution in [0.1, 0.15) is 27.8 Å². The van der Waals surface area contributed by atoms with Crippen molar-refractivity contribution in [3.05, 3.63) is 171 Å². The van der Waals surface area contributed by atoms with Gasteiger partial charge in [0.05, 0.1) is 33.9 Å². The number of para-hydroxylation sites is 1. The van der Waals surface area contributed by atoms with Gasteiger partial charge in [0.1, 0.15) is 6.07 Å². The standard InChI is InChI=1S/C40H24Cl2N2O3/c41-29-19-15-27(16-20-29)39-32(24-9-3-1-4-10-24)33(25-11-5-2-6-12-25)40(38(39)47,28-17-21-30(42)22-18-28)35-34(39)36(45)44(37(35)46)31-14-8-7-13-26(31)23-43/h1-22,34-35H/t34-,35-,39-,40-/m0/s1. The van der Waals surface area contributed by atoms with E-state index in [2.05, 4.69) is 6.07 Å². The van der Waals surface area contributed by atoms with E-state index in [1.165, 1.54) is 0 Å². The molecule has 0 N–H and O–H groups in total. The minimum absolute atomic E-state index is 0.188. The normalized spacial score (nSPS) is 24.5. The van der Waals surface area contributed by atoms with Crippen LogP contribution in [-0.2, 0) is 25.2 Å². The summed E-state index contributed by atoms with van der Waals surface area (Å²) in [5.41, 5.74) is 1.24. The smallest absolute Gasteiger partial charge is 0.239 e. The fraction of sp³-hybridized carbons (Fsp3) is 0.100. The third-order valence-electron chi connectivity index (χ3n) is 9.98. The number of carbonyl (C=O) groups excluding carboxylic acids is 3. The number of hydrogen-bond acceptors (Lipinski definition) is 4. The molecule has 2 bridgehead atoms. The van der Waals surface area contributed by atoms with Gasteiger partial charge in [0.2, 0.25) is 11.8 Å². The van der Waals surface area contributed by atoms with E-state index in [9.17, 15) is 5.26 Å². The zero-order chi connectivity index (χ0) is 32.5. The van der Waals surface area contributed by atoms with Gasteiger partial charge in [0.25, 0.3) is 0 Å². The molecule has 2 fully saturated rings. The van der Waals surface area contributed by atoms with Gasteiger partial charge in [-0.25, -0.2) is 4.90 Å². The Labute approximate surface area is 281 Å². The fourth-order valence-corrected chi connectivity index (χ4v) is 8.61. The predicted molar refractivity (Wildman–Crippen MR) is 182 cm³/mol. The van der Waals surface area contributed by atoms with Gasteiger partial charge in [-0.15, -0.1) is 0 Å². The van der Waals surface area contributed by atoms with E-state index in [0.29, 0.717) is 32.3 Å². The number of ketones is 1. The van der Waals surface area contributed by atoms with Crippen molar-refractivity contribution in [2.45, 2.75) is 10.8 Å². The Kier molecular flexibility index (Phi) is 6.59. The third-order valence-corrected chi connectivity index (χ3v) is 10.5. The van der Waals surface area contributed by atoms with Gasteiger partial charge in [-0.1, -0.05) is 120 Å². The number of fused-ring (bicyclic) bond motifs is 5. The summed E-state index contributed by atoms with van der Waals surface area (Å²) in [5, 5.41) is 11.0. The van der Waals surface area contributed by atoms with Gasteiger partial charge in [-0.3, -0.25) is 14.4 Å². The van der Waals surface area contributed by atoms with Gasteiger partial charge in [0.15, 0.2) is 5.78 Å². The Balaban J connectivity index is 1.57. The van der Waals surface area contributed by atoms with Crippen LogP contribution >= 0.6 is 23.2 Å². The van der Waals surface area contributed by atoms with Crippen LogP contribution in [0.4, 0.5) is 5.69 Å². The molecule has 1 aliphatic heterocycles. The van der Waals surface area contributed by atoms with E-state index in [1.807, 2.05) is 60.7 Å². The van der Waals surface area contributed by atoms with E-state index in [4.69, 9.17) is 23.2 Å². The van der Waals surface area contributed by atoms with Crippen molar-refractivity contribution in [3.63, 3.8) is 0 Å². The van der Waals surface area contributed by atoms with Crippen LogP contribution < -0.4 is 4.90 Å². The Morgan fingerprint density at radius 2 is 0.957 bits per heavy atom. The quantitative estimate of drug-likeness (QED) is 0.180. The number of imide groups is 1. The second-order valence-corrected chi connectivity index (χ2v) is 12.9. The van der Waals surface area contributed by atoms with Gasteiger partial charge in [0, 0.05) is 10.0 Å². The predicted octanol–water partition coefficient (Wildman–Crippen LogP) is 8.05. The van der Waals surface area contributed by atoms with Crippen LogP contribution in [0.2, 0.25) is 10.0 Å². The molecular weight excluding hydrogens is 627 g/mol. The number of nitrogens with zero attached hydrogens (tertiary/aromatic N) is 2. The van der Waals surface area contributed by atoms with Crippen molar-refractivity contribution in [3.8, 4) is 6.07 Å². The second-order valence-electron chi connectivity index (χ2n) is 12.0. The van der Waals surface area contributed by atoms with Crippen molar-refractivity contribution < 1.29 is 14.4 Å². The summed E-state index contributed by atoms with van der Waals surface area (Å²) in [6, 6.07) is 41.9. The number of halogens is 2. The van der Waals surface area contributed by atoms with E-state index >= 15 is 14.4 Å². The molecule has 226 valence electrons. The maximum absolute atomic E-state index is 15.9. The lowest BCUT2D eigenvalue weighted by atomic mass is 9.59. The van der Waals surface area contributed by atoms with Crippen molar-refractivity contribution in [2.24, 2.45) is 11.8 Å². The van der Waals surface area contributed by atoms with Crippen LogP contribution in [0.15, 0.2) is 133 Å². The van der Waals surface area contributed by atoms with Gasteiger partial charge in [-0.05, 0) is 69.8 Å². The summed E-state index contributed by atoms with van der Waals surface area (Å²) >= 11 is 12.8. The first-order valence-corrected chi connectivity index (χ1v) is 15.9. The van der Waals surface area contributed by atoms with Crippen molar-refractivity contribution in [2.75, 3.05) is 4.90 Å². The number of rotatable bonds is 5. The van der Waals surface area contributed by atoms with Crippen molar-refractivity contribution in [1.82, 2.24) is 0 Å². The summed E-state index contributed by atoms with van der Waals surface area (Å²) in [6.07, 6.45) is 0. The molecule has 2 amide bonds. The minimum atomic E-state index is -1.58. The average Bonchev–Trinajstić information content (AvgIpc) is 3.61. The first kappa shape index (κ1) is 29.1. The molecule has 1 saturated heterocycles. The number of Topliss-reactive ketones (excluding diaryl/α,β-unsaturated/α-hetero) is 1. The van der Waals surface area contributed by atoms with Gasteiger partial charge in [-0.2, -0.15) is 5.26 Å². The molecule has 5 nitrogen and oxygen atoms in total. The minimum Gasteiger partial charge on any atom is -0.297 e. The number of hydrogen-bond donors (Lipinski definition) is 0. The number of allylic oxidation sites excluding steroid dienone is 2. The lowest BCUT2D eigenvalue weighted by Crippen LogP contribution is -2.45. The van der Waals surface area contributed by atoms with Crippen LogP contribution in [0.5, 0.6) is 0 Å². The Morgan fingerprint density at radius 3 is 1.38 bits per heavy atom. The monoisotopic (exact) mass is 650 g/mol. The van der Waals surface area contributed by atoms with Crippen LogP contribution in [-0.4, -0.2) is 17.6 Å². The summed E-state index contributed by atoms with van der Waals surface area (Å²) < 4.78 is 0. The average molecular weight is 652 g/mol. The number of nitriles is 1. The summed E-state index contributed by atoms with van der Waals surface area (Å²) in [4.78, 5) is 47.2. The number of carbonyl (C=O) groups is 3. The summed E-state index contributed by atoms with van der Waals surface area (Å²) in [5.74, 6) is -3.54. The van der Waals surface area contributed by atoms with E-state index in [0.717, 1.165) is 16.0 Å². The molecule has 3 aliphatic rings. The molecule has 7 heteroatoms. The van der Waals surface area contributed by atoms with E-state index in [1.54, 1.807) is 72.8 Å². The number of amides is 2. The molecule has 1 saturated carbocycles. The molecule has 0 radical (unpaired) electrons. The molecule has 2 aliphatic carbocycles. The highest BCUT2D eigenvalue weighted by Gasteiger charge is 2.82. The second kappa shape index (κ2) is 10.6. The van der Waals surface area contributed by atoms with Crippen LogP contribution in [0.25, 0.3) is 11.1 Å². The third kappa shape index (κ3) is 3.74. The highest BCUT2D eigenvalue weighted by molar-refractivity contribution is 6.39. The molecule has 0 unspecified atom stereocenters. The molecule has 5 aromatic rings. The topological polar surface area (TPSA) is 78.2 Å². The number of anilines is 1. The van der Waals surface area contributed by atoms with Gasteiger partial charge >= 0.3 is 0 Å². The molecular formula is C40H24Cl2N2O3. The first-order valence-electron chi connectivity index (χ1n) is 15.2. The lowest BCUT2D eigenvalue weighted by molar-refractivity contribution is -0.130. The van der Waals surface area contributed by atoms with Crippen molar-refractivity contribution >= 4 is 57.6 Å². The highest BCUT2D eigenvalue weighted by Crippen LogP contribution is 2.74. The maximum atomic E-state index is 15.9. The molecule has 4 atom stereocenters. The van der Waals surface area contributed by atoms with Crippen LogP contribution in [0.3, 0.4) is 0 Å². The van der Waals surface area contributed by atoms with E-state index < -0.39 is 34.5 Å². The molecule has 5 aromatic carbocycles. The Morgan fingerprint density at radius 1 is 0.553 bits per heavy atom. The van der Waals surface area contributed by atoms with Crippen molar-refractivity contribution in [1.29, 1.82) is 5.26 Å². The van der Waals surface area contributed by atoms with E-state index in [-0.39, 0.29) is 17.0 Å². The van der Waals surface area contributed by atoms with Gasteiger partial charge < -0.3 is 0 Å². The first-order chi connectivity index (χ1) is 22.9. The molecule has 8 rings (SSSR count). The Bertz CT molecular complexity index is 2060. The summed E-state index contributed by atoms with van der Waals surface area (Å²) in [7, 11) is 0. The zero-order valence-corrected chi connectivity index (χ0v) is 26.2. The molecule has 0 aromatic heterocycles. The highest BCUT2D eigenvalue weighted by atomic mass is 35.5. The number of benzene rings is 5. The molecule has 47 heavy (non-hydrogen) atoms. The lowest BCUT2D eigenvalue weighted by Gasteiger charge is -2.39. The fourth-order valence-electron chi connectivity index (χ4n) is 8.36. The SMILES string of the molecule is N#Cc1ccccc1N1C(=O)[C@@H]2[C@@H](C1=O)[C@@]1(c3ccc(Cl)cc3)C(=O)[C@@]2(c2ccc(Cl)cc2)C(c2ccccc2)=C1c1ccccc1. The summed E-state index contributed by atoms with van der Waals surface area (Å²) in [6.45, 7) is 0.